The molecule has 0 aliphatic heterocycles. The fourth-order valence-electron chi connectivity index (χ4n) is 2.00. The Morgan fingerprint density at radius 2 is 1.95 bits per heavy atom. The summed E-state index contributed by atoms with van der Waals surface area (Å²) in [5.74, 6) is 1.70. The second kappa shape index (κ2) is 7.70. The minimum atomic E-state index is 0.100. The van der Waals surface area contributed by atoms with E-state index in [-0.39, 0.29) is 6.10 Å². The zero-order valence-corrected chi connectivity index (χ0v) is 14.7. The van der Waals surface area contributed by atoms with Crippen molar-refractivity contribution in [3.63, 3.8) is 0 Å². The molecule has 4 nitrogen and oxygen atoms in total. The van der Waals surface area contributed by atoms with Crippen LogP contribution in [0.1, 0.15) is 19.7 Å². The van der Waals surface area contributed by atoms with Gasteiger partial charge in [0.25, 0.3) is 0 Å². The van der Waals surface area contributed by atoms with Crippen LogP contribution in [0.5, 0.6) is 0 Å². The summed E-state index contributed by atoms with van der Waals surface area (Å²) >= 11 is 2.31. The van der Waals surface area contributed by atoms with Gasteiger partial charge in [0.15, 0.2) is 0 Å². The van der Waals surface area contributed by atoms with Crippen molar-refractivity contribution in [3.05, 3.63) is 39.7 Å². The van der Waals surface area contributed by atoms with Gasteiger partial charge < -0.3 is 10.1 Å². The quantitative estimate of drug-likeness (QED) is 0.755. The molecule has 112 valence electrons. The second-order valence-electron chi connectivity index (χ2n) is 4.80. The summed E-state index contributed by atoms with van der Waals surface area (Å²) in [6.07, 6.45) is 0.800. The number of aromatic nitrogens is 2. The SMILES string of the molecule is CCNc1nc(CC(C)OC)nc(-c2ccccc2)c1I. The number of ether oxygens (including phenoxy) is 1. The van der Waals surface area contributed by atoms with Gasteiger partial charge in [-0.1, -0.05) is 30.3 Å². The first-order chi connectivity index (χ1) is 10.2. The average molecular weight is 397 g/mol. The van der Waals surface area contributed by atoms with E-state index in [0.717, 1.165) is 33.0 Å². The van der Waals surface area contributed by atoms with Gasteiger partial charge in [0, 0.05) is 25.6 Å². The minimum Gasteiger partial charge on any atom is -0.381 e. The lowest BCUT2D eigenvalue weighted by Gasteiger charge is -2.14. The van der Waals surface area contributed by atoms with Crippen LogP contribution in [0.4, 0.5) is 5.82 Å². The van der Waals surface area contributed by atoms with E-state index in [1.165, 1.54) is 0 Å². The lowest BCUT2D eigenvalue weighted by molar-refractivity contribution is 0.117. The summed E-state index contributed by atoms with van der Waals surface area (Å²) in [5.41, 5.74) is 2.08. The van der Waals surface area contributed by atoms with E-state index in [2.05, 4.69) is 51.9 Å². The third kappa shape index (κ3) is 4.14. The highest BCUT2D eigenvalue weighted by atomic mass is 127. The summed E-state index contributed by atoms with van der Waals surface area (Å²) in [5, 5.41) is 3.32. The van der Waals surface area contributed by atoms with Crippen LogP contribution in [-0.2, 0) is 11.2 Å². The average Bonchev–Trinajstić information content (AvgIpc) is 2.51. The first-order valence-electron chi connectivity index (χ1n) is 7.04. The van der Waals surface area contributed by atoms with Crippen molar-refractivity contribution in [2.75, 3.05) is 19.0 Å². The summed E-state index contributed by atoms with van der Waals surface area (Å²) < 4.78 is 6.38. The van der Waals surface area contributed by atoms with Gasteiger partial charge in [-0.25, -0.2) is 9.97 Å². The van der Waals surface area contributed by atoms with E-state index in [9.17, 15) is 0 Å². The first-order valence-corrected chi connectivity index (χ1v) is 8.12. The Hall–Kier alpha value is -1.21. The van der Waals surface area contributed by atoms with Crippen molar-refractivity contribution < 1.29 is 4.74 Å². The number of benzene rings is 1. The van der Waals surface area contributed by atoms with E-state index in [1.807, 2.05) is 25.1 Å². The molecule has 0 saturated carbocycles. The van der Waals surface area contributed by atoms with Crippen LogP contribution in [0, 0.1) is 3.57 Å². The molecule has 1 atom stereocenters. The fourth-order valence-corrected chi connectivity index (χ4v) is 2.74. The van der Waals surface area contributed by atoms with Gasteiger partial charge in [-0.2, -0.15) is 0 Å². The zero-order valence-electron chi connectivity index (χ0n) is 12.6. The van der Waals surface area contributed by atoms with E-state index in [1.54, 1.807) is 7.11 Å². The lowest BCUT2D eigenvalue weighted by atomic mass is 10.1. The number of nitrogens with zero attached hydrogens (tertiary/aromatic N) is 2. The van der Waals surface area contributed by atoms with Crippen LogP contribution in [0.15, 0.2) is 30.3 Å². The van der Waals surface area contributed by atoms with Crippen LogP contribution in [0.3, 0.4) is 0 Å². The standard InChI is InChI=1S/C16H20IN3O/c1-4-18-16-14(17)15(12-8-6-5-7-9-12)19-13(20-16)10-11(2)21-3/h5-9,11H,4,10H2,1-3H3,(H,18,19,20). The largest absolute Gasteiger partial charge is 0.381 e. The van der Waals surface area contributed by atoms with Crippen molar-refractivity contribution in [2.24, 2.45) is 0 Å². The van der Waals surface area contributed by atoms with E-state index in [0.29, 0.717) is 6.42 Å². The van der Waals surface area contributed by atoms with Gasteiger partial charge in [0.05, 0.1) is 15.4 Å². The topological polar surface area (TPSA) is 47.0 Å². The van der Waals surface area contributed by atoms with Crippen LogP contribution in [0.2, 0.25) is 0 Å². The van der Waals surface area contributed by atoms with Crippen LogP contribution < -0.4 is 5.32 Å². The van der Waals surface area contributed by atoms with Gasteiger partial charge in [0.1, 0.15) is 11.6 Å². The van der Waals surface area contributed by atoms with Gasteiger partial charge in [-0.15, -0.1) is 0 Å². The fraction of sp³-hybridized carbons (Fsp3) is 0.375. The molecule has 0 fully saturated rings. The molecule has 0 amide bonds. The molecule has 1 aromatic carbocycles. The molecule has 5 heteroatoms. The summed E-state index contributed by atoms with van der Waals surface area (Å²) in [6, 6.07) is 10.2. The third-order valence-electron chi connectivity index (χ3n) is 3.16. The van der Waals surface area contributed by atoms with Crippen LogP contribution in [0.25, 0.3) is 11.3 Å². The van der Waals surface area contributed by atoms with Crippen LogP contribution in [-0.4, -0.2) is 29.7 Å². The third-order valence-corrected chi connectivity index (χ3v) is 4.18. The molecule has 0 bridgehead atoms. The van der Waals surface area contributed by atoms with Gasteiger partial charge in [0.2, 0.25) is 0 Å². The van der Waals surface area contributed by atoms with E-state index < -0.39 is 0 Å². The number of halogens is 1. The van der Waals surface area contributed by atoms with Crippen molar-refractivity contribution in [2.45, 2.75) is 26.4 Å². The highest BCUT2D eigenvalue weighted by Gasteiger charge is 2.15. The minimum absolute atomic E-state index is 0.100. The normalized spacial score (nSPS) is 12.2. The van der Waals surface area contributed by atoms with Crippen molar-refractivity contribution in [3.8, 4) is 11.3 Å². The summed E-state index contributed by atoms with van der Waals surface area (Å²) in [4.78, 5) is 9.36. The molecule has 1 unspecified atom stereocenters. The number of rotatable bonds is 6. The lowest BCUT2D eigenvalue weighted by Crippen LogP contribution is -2.14. The summed E-state index contributed by atoms with van der Waals surface area (Å²) in [7, 11) is 1.71. The van der Waals surface area contributed by atoms with Gasteiger partial charge in [-0.05, 0) is 36.4 Å². The molecule has 0 aliphatic rings. The predicted octanol–water partition coefficient (Wildman–Crippen LogP) is 3.76. The Labute approximate surface area is 139 Å². The Kier molecular flexibility index (Phi) is 5.93. The first kappa shape index (κ1) is 16.2. The molecule has 0 aliphatic carbocycles. The molecule has 0 spiro atoms. The van der Waals surface area contributed by atoms with Gasteiger partial charge in [-0.3, -0.25) is 0 Å². The maximum Gasteiger partial charge on any atom is 0.143 e. The van der Waals surface area contributed by atoms with E-state index in [4.69, 9.17) is 9.72 Å². The number of hydrogen-bond donors (Lipinski definition) is 1. The second-order valence-corrected chi connectivity index (χ2v) is 5.88. The molecule has 1 N–H and O–H groups in total. The Balaban J connectivity index is 2.47. The molecule has 2 aromatic rings. The number of nitrogens with one attached hydrogen (secondary N) is 1. The summed E-state index contributed by atoms with van der Waals surface area (Å²) in [6.45, 7) is 4.93. The highest BCUT2D eigenvalue weighted by molar-refractivity contribution is 14.1. The predicted molar refractivity (Wildman–Crippen MR) is 94.5 cm³/mol. The molecular formula is C16H20IN3O. The molecule has 1 aromatic heterocycles. The maximum absolute atomic E-state index is 5.33. The molecule has 21 heavy (non-hydrogen) atoms. The highest BCUT2D eigenvalue weighted by Crippen LogP contribution is 2.28. The van der Waals surface area contributed by atoms with E-state index >= 15 is 0 Å². The monoisotopic (exact) mass is 397 g/mol. The van der Waals surface area contributed by atoms with Crippen molar-refractivity contribution >= 4 is 28.4 Å². The number of anilines is 1. The molecule has 0 radical (unpaired) electrons. The number of methoxy groups -OCH3 is 1. The van der Waals surface area contributed by atoms with Crippen molar-refractivity contribution in [1.29, 1.82) is 0 Å². The molecule has 0 saturated heterocycles. The molecule has 1 heterocycles. The Morgan fingerprint density at radius 3 is 2.57 bits per heavy atom. The maximum atomic E-state index is 5.33. The smallest absolute Gasteiger partial charge is 0.143 e. The van der Waals surface area contributed by atoms with Gasteiger partial charge >= 0.3 is 0 Å². The Morgan fingerprint density at radius 1 is 1.24 bits per heavy atom. The molecular weight excluding hydrogens is 377 g/mol. The van der Waals surface area contributed by atoms with Crippen molar-refractivity contribution in [1.82, 2.24) is 9.97 Å². The van der Waals surface area contributed by atoms with Crippen LogP contribution >= 0.6 is 22.6 Å². The molecule has 2 rings (SSSR count). The Bertz CT molecular complexity index is 590. The zero-order chi connectivity index (χ0) is 15.2. The number of hydrogen-bond acceptors (Lipinski definition) is 4.